The molecule has 6 N–H and O–H groups in total. The molecule has 8 heteroatoms. The molecule has 0 aliphatic heterocycles. The summed E-state index contributed by atoms with van der Waals surface area (Å²) in [5.74, 6) is 6.39. The van der Waals surface area contributed by atoms with Gasteiger partial charge in [-0.1, -0.05) is 41.5 Å². The van der Waals surface area contributed by atoms with Gasteiger partial charge in [0.05, 0.1) is 24.4 Å². The van der Waals surface area contributed by atoms with Crippen molar-refractivity contribution in [2.45, 2.75) is 194 Å². The van der Waals surface area contributed by atoms with Gasteiger partial charge in [-0.15, -0.1) is 0 Å². The molecule has 0 spiro atoms. The Morgan fingerprint density at radius 2 is 0.931 bits per heavy atom. The van der Waals surface area contributed by atoms with E-state index >= 15 is 0 Å². The van der Waals surface area contributed by atoms with Crippen molar-refractivity contribution in [2.75, 3.05) is 13.1 Å². The van der Waals surface area contributed by atoms with Crippen LogP contribution in [0.5, 0.6) is 0 Å². The second kappa shape index (κ2) is 16.5. The van der Waals surface area contributed by atoms with E-state index in [2.05, 4.69) is 52.2 Å². The van der Waals surface area contributed by atoms with Gasteiger partial charge in [0, 0.05) is 25.9 Å². The molecule has 0 radical (unpaired) electrons. The summed E-state index contributed by atoms with van der Waals surface area (Å²) in [5.41, 5.74) is 0.301. The third kappa shape index (κ3) is 7.25. The second-order valence-corrected chi connectivity index (χ2v) is 23.5. The quantitative estimate of drug-likeness (QED) is 0.117. The lowest BCUT2D eigenvalue weighted by atomic mass is 9.43. The summed E-state index contributed by atoms with van der Waals surface area (Å²) in [6.45, 7) is 15.2. The van der Waals surface area contributed by atoms with Crippen LogP contribution >= 0.6 is 0 Å². The molecule has 0 saturated heterocycles. The fourth-order valence-electron chi connectivity index (χ4n) is 18.0. The number of fused-ring (bicyclic) bond motifs is 10. The number of hydrogen-bond acceptors (Lipinski definition) is 6. The molecule has 8 fully saturated rings. The molecule has 0 heterocycles. The fourth-order valence-corrected chi connectivity index (χ4v) is 18.0. The van der Waals surface area contributed by atoms with Crippen LogP contribution in [0.25, 0.3) is 0 Å². The summed E-state index contributed by atoms with van der Waals surface area (Å²) in [4.78, 5) is 26.0. The summed E-state index contributed by atoms with van der Waals surface area (Å²) < 4.78 is 0. The topological polar surface area (TPSA) is 139 Å². The largest absolute Gasteiger partial charge is 0.393 e. The Morgan fingerprint density at radius 1 is 0.534 bits per heavy atom. The van der Waals surface area contributed by atoms with E-state index in [0.717, 1.165) is 77.0 Å². The van der Waals surface area contributed by atoms with Gasteiger partial charge in [0.25, 0.3) is 0 Å². The molecule has 0 aromatic carbocycles. The number of hydrogen-bond donors (Lipinski definition) is 6. The van der Waals surface area contributed by atoms with Crippen LogP contribution in [0.1, 0.15) is 170 Å². The number of aliphatic hydroxyl groups excluding tert-OH is 4. The van der Waals surface area contributed by atoms with E-state index in [1.165, 1.54) is 38.5 Å². The average Bonchev–Trinajstić information content (AvgIpc) is 3.75. The van der Waals surface area contributed by atoms with Crippen LogP contribution in [-0.2, 0) is 9.59 Å². The van der Waals surface area contributed by atoms with Crippen molar-refractivity contribution in [3.63, 3.8) is 0 Å². The third-order valence-electron chi connectivity index (χ3n) is 21.4. The Labute approximate surface area is 351 Å². The predicted octanol–water partition coefficient (Wildman–Crippen LogP) is 8.03. The van der Waals surface area contributed by atoms with E-state index < -0.39 is 0 Å². The van der Waals surface area contributed by atoms with E-state index in [4.69, 9.17) is 0 Å². The maximum atomic E-state index is 13.0. The molecular formula is C50H84N2O6. The minimum absolute atomic E-state index is 0.0466. The Hall–Kier alpha value is -1.22. The summed E-state index contributed by atoms with van der Waals surface area (Å²) in [6.07, 6.45) is 18.9. The van der Waals surface area contributed by atoms with Gasteiger partial charge < -0.3 is 31.1 Å². The minimum Gasteiger partial charge on any atom is -0.393 e. The third-order valence-corrected chi connectivity index (χ3v) is 21.4. The van der Waals surface area contributed by atoms with Crippen LogP contribution in [0.4, 0.5) is 0 Å². The van der Waals surface area contributed by atoms with E-state index in [-0.39, 0.29) is 57.9 Å². The predicted molar refractivity (Wildman–Crippen MR) is 228 cm³/mol. The molecule has 0 aromatic rings. The molecule has 2 amide bonds. The standard InChI is InChI=1S/C50H84N2O6/c1-29(37-13-15-39-35-11-9-31-25-33(53)19-21-47(31,3)41(35)27-43(55)49(37,39)5)7-17-45(57)51-23-24-52-46(58)18-8-30(2)38-14-16-40-36-12-10-32-26-34(54)20-22-48(32,4)42(36)28-44(56)50(38,40)6/h29-44,53-56H,7-28H2,1-6H3,(H,51,57)(H,52,58)/t29-,30-,31?,32?,33-,34-,35+,36+,37-,38-,39+,40+,41+,42+,43+,44+,47+,48+,49-,50-/m1/s1. The van der Waals surface area contributed by atoms with Gasteiger partial charge in [0.2, 0.25) is 11.8 Å². The van der Waals surface area contributed by atoms with Crippen LogP contribution in [-0.4, -0.2) is 69.7 Å². The molecule has 2 unspecified atom stereocenters. The molecule has 58 heavy (non-hydrogen) atoms. The van der Waals surface area contributed by atoms with Crippen LogP contribution in [0, 0.1) is 92.7 Å². The normalized spacial score (nSPS) is 50.5. The van der Waals surface area contributed by atoms with E-state index in [9.17, 15) is 30.0 Å². The summed E-state index contributed by atoms with van der Waals surface area (Å²) >= 11 is 0. The Balaban J connectivity index is 0.751. The smallest absolute Gasteiger partial charge is 0.220 e. The van der Waals surface area contributed by atoms with Gasteiger partial charge in [-0.3, -0.25) is 9.59 Å². The number of aliphatic hydroxyl groups is 4. The maximum absolute atomic E-state index is 13.0. The number of amides is 2. The van der Waals surface area contributed by atoms with Crippen molar-refractivity contribution in [1.82, 2.24) is 10.6 Å². The zero-order valence-corrected chi connectivity index (χ0v) is 37.4. The first-order valence-electron chi connectivity index (χ1n) is 24.8. The van der Waals surface area contributed by atoms with Crippen molar-refractivity contribution in [1.29, 1.82) is 0 Å². The summed E-state index contributed by atoms with van der Waals surface area (Å²) in [7, 11) is 0. The van der Waals surface area contributed by atoms with Crippen LogP contribution < -0.4 is 10.6 Å². The fraction of sp³-hybridized carbons (Fsp3) is 0.960. The number of carbonyl (C=O) groups excluding carboxylic acids is 2. The minimum atomic E-state index is -0.303. The lowest BCUT2D eigenvalue weighted by Crippen LogP contribution is -2.58. The van der Waals surface area contributed by atoms with E-state index in [1.54, 1.807) is 0 Å². The molecule has 8 aliphatic carbocycles. The zero-order valence-electron chi connectivity index (χ0n) is 37.4. The SMILES string of the molecule is C[C@H](CCC(=O)NCCNC(=O)CC[C@@H](C)[C@H]1CC[C@H]2[C@@H]3CCC4C[C@H](O)CC[C@]4(C)[C@H]3C[C@H](O)[C@]12C)[C@H]1CC[C@H]2[C@@H]3CCC4C[C@H](O)CC[C@]4(C)[C@H]3C[C@H](O)[C@]12C. The highest BCUT2D eigenvalue weighted by Crippen LogP contribution is 2.70. The highest BCUT2D eigenvalue weighted by molar-refractivity contribution is 5.77. The monoisotopic (exact) mass is 809 g/mol. The highest BCUT2D eigenvalue weighted by Gasteiger charge is 2.65. The van der Waals surface area contributed by atoms with Crippen molar-refractivity contribution in [3.05, 3.63) is 0 Å². The summed E-state index contributed by atoms with van der Waals surface area (Å²) in [6, 6.07) is 0. The lowest BCUT2D eigenvalue weighted by Gasteiger charge is -2.62. The van der Waals surface area contributed by atoms with Crippen molar-refractivity contribution in [2.24, 2.45) is 92.7 Å². The molecule has 0 aromatic heterocycles. The molecule has 8 rings (SSSR count). The van der Waals surface area contributed by atoms with Gasteiger partial charge >= 0.3 is 0 Å². The Kier molecular flexibility index (Phi) is 12.3. The van der Waals surface area contributed by atoms with Crippen LogP contribution in [0.15, 0.2) is 0 Å². The van der Waals surface area contributed by atoms with Crippen LogP contribution in [0.2, 0.25) is 0 Å². The van der Waals surface area contributed by atoms with E-state index in [1.807, 2.05) is 0 Å². The molecule has 8 nitrogen and oxygen atoms in total. The number of nitrogens with one attached hydrogen (secondary N) is 2. The van der Waals surface area contributed by atoms with Crippen molar-refractivity contribution in [3.8, 4) is 0 Å². The molecule has 8 saturated carbocycles. The average molecular weight is 809 g/mol. The summed E-state index contributed by atoms with van der Waals surface area (Å²) in [5, 5.41) is 50.8. The highest BCUT2D eigenvalue weighted by atomic mass is 16.3. The number of carbonyl (C=O) groups is 2. The van der Waals surface area contributed by atoms with Gasteiger partial charge in [-0.25, -0.2) is 0 Å². The first-order chi connectivity index (χ1) is 27.5. The molecule has 0 bridgehead atoms. The van der Waals surface area contributed by atoms with Gasteiger partial charge in [0.1, 0.15) is 0 Å². The van der Waals surface area contributed by atoms with Crippen molar-refractivity contribution >= 4 is 11.8 Å². The number of rotatable bonds is 11. The first-order valence-corrected chi connectivity index (χ1v) is 24.8. The second-order valence-electron chi connectivity index (χ2n) is 23.5. The van der Waals surface area contributed by atoms with Gasteiger partial charge in [0.15, 0.2) is 0 Å². The molecular weight excluding hydrogens is 725 g/mol. The van der Waals surface area contributed by atoms with E-state index in [0.29, 0.717) is 96.9 Å². The molecule has 8 aliphatic rings. The zero-order chi connectivity index (χ0) is 41.4. The van der Waals surface area contributed by atoms with Gasteiger partial charge in [-0.05, 0) is 208 Å². The van der Waals surface area contributed by atoms with Gasteiger partial charge in [-0.2, -0.15) is 0 Å². The Morgan fingerprint density at radius 3 is 1.33 bits per heavy atom. The maximum Gasteiger partial charge on any atom is 0.220 e. The lowest BCUT2D eigenvalue weighted by molar-refractivity contribution is -0.175. The Bertz CT molecular complexity index is 1380. The molecule has 20 atom stereocenters. The first kappa shape index (κ1) is 43.4. The van der Waals surface area contributed by atoms with Crippen LogP contribution in [0.3, 0.4) is 0 Å². The molecule has 330 valence electrons. The van der Waals surface area contributed by atoms with Crippen molar-refractivity contribution < 1.29 is 30.0 Å².